The molecule has 21 heavy (non-hydrogen) atoms. The van der Waals surface area contributed by atoms with E-state index < -0.39 is 5.97 Å². The summed E-state index contributed by atoms with van der Waals surface area (Å²) in [5.74, 6) is -0.125. The lowest BCUT2D eigenvalue weighted by Crippen LogP contribution is -2.18. The van der Waals surface area contributed by atoms with E-state index in [0.717, 1.165) is 12.8 Å². The summed E-state index contributed by atoms with van der Waals surface area (Å²) in [7, 11) is 0. The number of carboxylic acid groups (broad SMARTS) is 1. The molecule has 1 heterocycles. The molecule has 0 aromatic carbocycles. The molecule has 0 saturated heterocycles. The minimum atomic E-state index is -0.975. The van der Waals surface area contributed by atoms with Gasteiger partial charge in [0.05, 0.1) is 11.9 Å². The van der Waals surface area contributed by atoms with Gasteiger partial charge in [0.1, 0.15) is 6.54 Å². The summed E-state index contributed by atoms with van der Waals surface area (Å²) in [5.41, 5.74) is 6.10. The van der Waals surface area contributed by atoms with Gasteiger partial charge in [0.15, 0.2) is 0 Å². The van der Waals surface area contributed by atoms with Gasteiger partial charge in [0, 0.05) is 12.6 Å². The SMILES string of the molecule is CC(C)C(CCN)CCC(=O)Nc1cnn(CC(=O)O)c1. The van der Waals surface area contributed by atoms with Gasteiger partial charge >= 0.3 is 5.97 Å². The Morgan fingerprint density at radius 2 is 2.14 bits per heavy atom. The Morgan fingerprint density at radius 3 is 2.71 bits per heavy atom. The summed E-state index contributed by atoms with van der Waals surface area (Å²) in [6, 6.07) is 0. The van der Waals surface area contributed by atoms with Crippen LogP contribution in [-0.4, -0.2) is 33.3 Å². The molecule has 118 valence electrons. The van der Waals surface area contributed by atoms with E-state index in [2.05, 4.69) is 24.3 Å². The Labute approximate surface area is 124 Å². The zero-order chi connectivity index (χ0) is 15.8. The van der Waals surface area contributed by atoms with Crippen molar-refractivity contribution in [2.75, 3.05) is 11.9 Å². The van der Waals surface area contributed by atoms with Gasteiger partial charge in [0.2, 0.25) is 5.91 Å². The van der Waals surface area contributed by atoms with Gasteiger partial charge in [-0.25, -0.2) is 0 Å². The molecule has 1 unspecified atom stereocenters. The Kier molecular flexibility index (Phi) is 6.87. The molecule has 0 fully saturated rings. The Bertz CT molecular complexity index is 471. The predicted molar refractivity (Wildman–Crippen MR) is 79.7 cm³/mol. The first-order valence-corrected chi connectivity index (χ1v) is 7.16. The molecule has 0 radical (unpaired) electrons. The molecular weight excluding hydrogens is 272 g/mol. The van der Waals surface area contributed by atoms with Crippen LogP contribution < -0.4 is 11.1 Å². The fourth-order valence-electron chi connectivity index (χ4n) is 2.22. The van der Waals surface area contributed by atoms with E-state index in [1.165, 1.54) is 17.1 Å². The lowest BCUT2D eigenvalue weighted by Gasteiger charge is -2.19. The number of aromatic nitrogens is 2. The molecule has 1 amide bonds. The molecule has 0 bridgehead atoms. The van der Waals surface area contributed by atoms with Crippen LogP contribution in [0.1, 0.15) is 33.1 Å². The number of nitrogens with zero attached hydrogens (tertiary/aromatic N) is 2. The highest BCUT2D eigenvalue weighted by molar-refractivity contribution is 5.90. The van der Waals surface area contributed by atoms with E-state index in [-0.39, 0.29) is 12.5 Å². The maximum absolute atomic E-state index is 11.9. The van der Waals surface area contributed by atoms with E-state index in [0.29, 0.717) is 30.5 Å². The minimum absolute atomic E-state index is 0.0902. The fourth-order valence-corrected chi connectivity index (χ4v) is 2.22. The van der Waals surface area contributed by atoms with Crippen LogP contribution in [-0.2, 0) is 16.1 Å². The highest BCUT2D eigenvalue weighted by Gasteiger charge is 2.15. The number of nitrogens with one attached hydrogen (secondary N) is 1. The molecule has 0 aliphatic heterocycles. The summed E-state index contributed by atoms with van der Waals surface area (Å²) in [5, 5.41) is 15.2. The van der Waals surface area contributed by atoms with Gasteiger partial charge in [-0.1, -0.05) is 13.8 Å². The van der Waals surface area contributed by atoms with Crippen molar-refractivity contribution in [3.63, 3.8) is 0 Å². The standard InChI is InChI=1S/C14H24N4O3/c1-10(2)11(5-6-15)3-4-13(19)17-12-7-16-18(8-12)9-14(20)21/h7-8,10-11H,3-6,9,15H2,1-2H3,(H,17,19)(H,20,21). The van der Waals surface area contributed by atoms with E-state index in [4.69, 9.17) is 10.8 Å². The molecule has 1 rings (SSSR count). The molecule has 0 saturated carbocycles. The van der Waals surface area contributed by atoms with Crippen molar-refractivity contribution in [2.24, 2.45) is 17.6 Å². The smallest absolute Gasteiger partial charge is 0.325 e. The predicted octanol–water partition coefficient (Wildman–Crippen LogP) is 1.31. The van der Waals surface area contributed by atoms with Crippen molar-refractivity contribution in [1.82, 2.24) is 9.78 Å². The molecule has 0 aliphatic rings. The van der Waals surface area contributed by atoms with Gasteiger partial charge in [0.25, 0.3) is 0 Å². The van der Waals surface area contributed by atoms with Crippen LogP contribution >= 0.6 is 0 Å². The van der Waals surface area contributed by atoms with E-state index in [1.807, 2.05) is 0 Å². The third-order valence-electron chi connectivity index (χ3n) is 3.44. The number of carbonyl (C=O) groups is 2. The van der Waals surface area contributed by atoms with Gasteiger partial charge in [-0.05, 0) is 31.2 Å². The Morgan fingerprint density at radius 1 is 1.43 bits per heavy atom. The molecule has 0 spiro atoms. The highest BCUT2D eigenvalue weighted by atomic mass is 16.4. The largest absolute Gasteiger partial charge is 0.480 e. The lowest BCUT2D eigenvalue weighted by atomic mass is 9.88. The van der Waals surface area contributed by atoms with Gasteiger partial charge in [-0.15, -0.1) is 0 Å². The monoisotopic (exact) mass is 296 g/mol. The number of anilines is 1. The molecule has 4 N–H and O–H groups in total. The summed E-state index contributed by atoms with van der Waals surface area (Å²) < 4.78 is 1.27. The number of carboxylic acids is 1. The molecule has 7 heteroatoms. The van der Waals surface area contributed by atoms with Crippen LogP contribution in [0.4, 0.5) is 5.69 Å². The number of carbonyl (C=O) groups excluding carboxylic acids is 1. The van der Waals surface area contributed by atoms with Crippen molar-refractivity contribution in [2.45, 2.75) is 39.7 Å². The Balaban J connectivity index is 2.42. The third-order valence-corrected chi connectivity index (χ3v) is 3.44. The summed E-state index contributed by atoms with van der Waals surface area (Å²) in [6.45, 7) is 4.68. The maximum Gasteiger partial charge on any atom is 0.325 e. The minimum Gasteiger partial charge on any atom is -0.480 e. The van der Waals surface area contributed by atoms with Gasteiger partial charge in [-0.3, -0.25) is 14.3 Å². The Hall–Kier alpha value is -1.89. The molecule has 7 nitrogen and oxygen atoms in total. The number of hydrogen-bond acceptors (Lipinski definition) is 4. The van der Waals surface area contributed by atoms with E-state index in [1.54, 1.807) is 0 Å². The van der Waals surface area contributed by atoms with Gasteiger partial charge < -0.3 is 16.2 Å². The van der Waals surface area contributed by atoms with E-state index >= 15 is 0 Å². The average Bonchev–Trinajstić information content (AvgIpc) is 2.80. The molecule has 1 atom stereocenters. The third kappa shape index (κ3) is 6.40. The van der Waals surface area contributed by atoms with Crippen LogP contribution in [0.25, 0.3) is 0 Å². The van der Waals surface area contributed by atoms with Crippen LogP contribution in [0.5, 0.6) is 0 Å². The highest BCUT2D eigenvalue weighted by Crippen LogP contribution is 2.20. The fraction of sp³-hybridized carbons (Fsp3) is 0.643. The van der Waals surface area contributed by atoms with Crippen molar-refractivity contribution >= 4 is 17.6 Å². The summed E-state index contributed by atoms with van der Waals surface area (Å²) >= 11 is 0. The maximum atomic E-state index is 11.9. The van der Waals surface area contributed by atoms with Crippen molar-refractivity contribution in [3.8, 4) is 0 Å². The average molecular weight is 296 g/mol. The molecule has 0 aliphatic carbocycles. The second-order valence-corrected chi connectivity index (χ2v) is 5.49. The number of hydrogen-bond donors (Lipinski definition) is 3. The first-order chi connectivity index (χ1) is 9.92. The first kappa shape index (κ1) is 17.2. The zero-order valence-electron chi connectivity index (χ0n) is 12.6. The molecular formula is C14H24N4O3. The first-order valence-electron chi connectivity index (χ1n) is 7.16. The molecule has 1 aromatic heterocycles. The van der Waals surface area contributed by atoms with Crippen molar-refractivity contribution < 1.29 is 14.7 Å². The molecule has 1 aromatic rings. The normalized spacial score (nSPS) is 12.4. The number of aliphatic carboxylic acids is 1. The van der Waals surface area contributed by atoms with E-state index in [9.17, 15) is 9.59 Å². The zero-order valence-corrected chi connectivity index (χ0v) is 12.6. The van der Waals surface area contributed by atoms with Crippen molar-refractivity contribution in [1.29, 1.82) is 0 Å². The summed E-state index contributed by atoms with van der Waals surface area (Å²) in [4.78, 5) is 22.4. The topological polar surface area (TPSA) is 110 Å². The van der Waals surface area contributed by atoms with Crippen LogP contribution in [0.15, 0.2) is 12.4 Å². The quantitative estimate of drug-likeness (QED) is 0.636. The number of nitrogens with two attached hydrogens (primary N) is 1. The van der Waals surface area contributed by atoms with Crippen LogP contribution in [0, 0.1) is 11.8 Å². The second kappa shape index (κ2) is 8.41. The number of rotatable bonds is 9. The van der Waals surface area contributed by atoms with Crippen LogP contribution in [0.3, 0.4) is 0 Å². The second-order valence-electron chi connectivity index (χ2n) is 5.49. The lowest BCUT2D eigenvalue weighted by molar-refractivity contribution is -0.137. The van der Waals surface area contributed by atoms with Gasteiger partial charge in [-0.2, -0.15) is 5.10 Å². The summed E-state index contributed by atoms with van der Waals surface area (Å²) in [6.07, 6.45) is 5.09. The number of amides is 1. The van der Waals surface area contributed by atoms with Crippen molar-refractivity contribution in [3.05, 3.63) is 12.4 Å². The van der Waals surface area contributed by atoms with Crippen LogP contribution in [0.2, 0.25) is 0 Å².